The molecular formula is C13H18N4S. The Kier molecular flexibility index (Phi) is 3.81. The zero-order valence-corrected chi connectivity index (χ0v) is 11.8. The summed E-state index contributed by atoms with van der Waals surface area (Å²) in [5.41, 5.74) is 2.28. The first kappa shape index (κ1) is 12.8. The summed E-state index contributed by atoms with van der Waals surface area (Å²) in [4.78, 5) is 2.31. The largest absolute Gasteiger partial charge is 0.372 e. The fraction of sp³-hybridized carbons (Fsp3) is 0.385. The number of hydrogen-bond acceptors (Lipinski definition) is 3. The molecule has 0 saturated heterocycles. The lowest BCUT2D eigenvalue weighted by molar-refractivity contribution is 0.865. The van der Waals surface area contributed by atoms with Gasteiger partial charge in [-0.1, -0.05) is 0 Å². The van der Waals surface area contributed by atoms with Crippen molar-refractivity contribution in [3.8, 4) is 5.69 Å². The van der Waals surface area contributed by atoms with Gasteiger partial charge >= 0.3 is 0 Å². The van der Waals surface area contributed by atoms with Gasteiger partial charge in [-0.3, -0.25) is 9.67 Å². The molecule has 0 amide bonds. The van der Waals surface area contributed by atoms with Crippen LogP contribution in [-0.2, 0) is 0 Å². The lowest BCUT2D eigenvalue weighted by Gasteiger charge is -2.21. The SMILES string of the molecule is CCN(CC)c1ccc(-n2c(C)n[nH]c2=S)cc1. The van der Waals surface area contributed by atoms with Gasteiger partial charge in [0, 0.05) is 24.5 Å². The molecule has 0 radical (unpaired) electrons. The highest BCUT2D eigenvalue weighted by atomic mass is 32.1. The van der Waals surface area contributed by atoms with Crippen LogP contribution in [0.4, 0.5) is 5.69 Å². The van der Waals surface area contributed by atoms with Crippen molar-refractivity contribution in [3.63, 3.8) is 0 Å². The summed E-state index contributed by atoms with van der Waals surface area (Å²) < 4.78 is 2.56. The third kappa shape index (κ3) is 2.31. The molecule has 4 nitrogen and oxygen atoms in total. The zero-order valence-electron chi connectivity index (χ0n) is 11.0. The molecule has 0 fully saturated rings. The second kappa shape index (κ2) is 5.35. The van der Waals surface area contributed by atoms with Gasteiger partial charge in [-0.05, 0) is 57.3 Å². The van der Waals surface area contributed by atoms with Gasteiger partial charge in [0.15, 0.2) is 4.77 Å². The Morgan fingerprint density at radius 1 is 1.22 bits per heavy atom. The number of nitrogens with zero attached hydrogens (tertiary/aromatic N) is 3. The van der Waals surface area contributed by atoms with Crippen LogP contribution in [-0.4, -0.2) is 27.9 Å². The summed E-state index contributed by atoms with van der Waals surface area (Å²) in [7, 11) is 0. The minimum atomic E-state index is 0.628. The van der Waals surface area contributed by atoms with E-state index < -0.39 is 0 Å². The summed E-state index contributed by atoms with van der Waals surface area (Å²) in [6.07, 6.45) is 0. The van der Waals surface area contributed by atoms with Crippen LogP contribution in [0, 0.1) is 11.7 Å². The van der Waals surface area contributed by atoms with Crippen molar-refractivity contribution in [1.82, 2.24) is 14.8 Å². The predicted molar refractivity (Wildman–Crippen MR) is 77.0 cm³/mol. The van der Waals surface area contributed by atoms with Crippen LogP contribution in [0.3, 0.4) is 0 Å². The molecule has 0 aliphatic heterocycles. The lowest BCUT2D eigenvalue weighted by Crippen LogP contribution is -2.21. The van der Waals surface area contributed by atoms with E-state index in [0.29, 0.717) is 4.77 Å². The number of H-pyrrole nitrogens is 1. The van der Waals surface area contributed by atoms with Gasteiger partial charge in [-0.15, -0.1) is 0 Å². The Hall–Kier alpha value is -1.62. The van der Waals surface area contributed by atoms with Gasteiger partial charge in [0.1, 0.15) is 5.82 Å². The molecule has 0 aliphatic carbocycles. The molecule has 0 spiro atoms. The fourth-order valence-electron chi connectivity index (χ4n) is 2.08. The Bertz CT molecular complexity index is 563. The highest BCUT2D eigenvalue weighted by Gasteiger charge is 2.05. The van der Waals surface area contributed by atoms with E-state index in [0.717, 1.165) is 24.6 Å². The van der Waals surface area contributed by atoms with Crippen molar-refractivity contribution in [2.75, 3.05) is 18.0 Å². The molecule has 18 heavy (non-hydrogen) atoms. The van der Waals surface area contributed by atoms with E-state index in [9.17, 15) is 0 Å². The molecule has 2 aromatic rings. The van der Waals surface area contributed by atoms with Crippen molar-refractivity contribution in [1.29, 1.82) is 0 Å². The van der Waals surface area contributed by atoms with Crippen LogP contribution < -0.4 is 4.90 Å². The third-order valence-corrected chi connectivity index (χ3v) is 3.35. The van der Waals surface area contributed by atoms with Crippen molar-refractivity contribution in [2.24, 2.45) is 0 Å². The number of hydrogen-bond donors (Lipinski definition) is 1. The summed E-state index contributed by atoms with van der Waals surface area (Å²) >= 11 is 5.22. The molecule has 0 saturated carbocycles. The first-order valence-corrected chi connectivity index (χ1v) is 6.57. The monoisotopic (exact) mass is 262 g/mol. The lowest BCUT2D eigenvalue weighted by atomic mass is 10.2. The van der Waals surface area contributed by atoms with E-state index in [-0.39, 0.29) is 0 Å². The Balaban J connectivity index is 2.36. The molecule has 1 aromatic carbocycles. The highest BCUT2D eigenvalue weighted by molar-refractivity contribution is 7.71. The first-order chi connectivity index (χ1) is 8.67. The van der Waals surface area contributed by atoms with E-state index in [2.05, 4.69) is 53.2 Å². The number of benzene rings is 1. The quantitative estimate of drug-likeness (QED) is 0.860. The van der Waals surface area contributed by atoms with Crippen molar-refractivity contribution in [3.05, 3.63) is 34.9 Å². The number of nitrogens with one attached hydrogen (secondary N) is 1. The maximum atomic E-state index is 5.22. The molecule has 96 valence electrons. The van der Waals surface area contributed by atoms with E-state index in [1.54, 1.807) is 0 Å². The van der Waals surface area contributed by atoms with Gasteiger partial charge in [0.25, 0.3) is 0 Å². The third-order valence-electron chi connectivity index (χ3n) is 3.08. The van der Waals surface area contributed by atoms with Crippen LogP contribution in [0.5, 0.6) is 0 Å². The second-order valence-corrected chi connectivity index (χ2v) is 4.49. The smallest absolute Gasteiger partial charge is 0.199 e. The normalized spacial score (nSPS) is 10.6. The Morgan fingerprint density at radius 3 is 2.28 bits per heavy atom. The predicted octanol–water partition coefficient (Wildman–Crippen LogP) is 3.08. The van der Waals surface area contributed by atoms with Crippen LogP contribution >= 0.6 is 12.2 Å². The first-order valence-electron chi connectivity index (χ1n) is 6.16. The van der Waals surface area contributed by atoms with Gasteiger partial charge in [-0.2, -0.15) is 5.10 Å². The molecule has 1 heterocycles. The molecule has 0 aliphatic rings. The van der Waals surface area contributed by atoms with Crippen molar-refractivity contribution < 1.29 is 0 Å². The number of aromatic nitrogens is 3. The maximum absolute atomic E-state index is 5.22. The standard InChI is InChI=1S/C13H18N4S/c1-4-16(5-2)11-6-8-12(9-7-11)17-10(3)14-15-13(17)18/h6-9H,4-5H2,1-3H3,(H,15,18). The van der Waals surface area contributed by atoms with Crippen molar-refractivity contribution >= 4 is 17.9 Å². The van der Waals surface area contributed by atoms with Gasteiger partial charge < -0.3 is 4.90 Å². The van der Waals surface area contributed by atoms with Gasteiger partial charge in [0.05, 0.1) is 0 Å². The average molecular weight is 262 g/mol. The van der Waals surface area contributed by atoms with Crippen LogP contribution in [0.2, 0.25) is 0 Å². The summed E-state index contributed by atoms with van der Waals surface area (Å²) in [6, 6.07) is 8.39. The van der Waals surface area contributed by atoms with Gasteiger partial charge in [0.2, 0.25) is 0 Å². The molecular weight excluding hydrogens is 244 g/mol. The zero-order chi connectivity index (χ0) is 13.1. The Morgan fingerprint density at radius 2 is 1.83 bits per heavy atom. The van der Waals surface area contributed by atoms with Crippen molar-refractivity contribution in [2.45, 2.75) is 20.8 Å². The summed E-state index contributed by atoms with van der Waals surface area (Å²) in [5, 5.41) is 6.92. The van der Waals surface area contributed by atoms with Gasteiger partial charge in [-0.25, -0.2) is 0 Å². The summed E-state index contributed by atoms with van der Waals surface area (Å²) in [5.74, 6) is 0.871. The maximum Gasteiger partial charge on any atom is 0.199 e. The molecule has 0 bridgehead atoms. The molecule has 0 unspecified atom stereocenters. The molecule has 1 aromatic heterocycles. The van der Waals surface area contributed by atoms with Crippen LogP contribution in [0.15, 0.2) is 24.3 Å². The van der Waals surface area contributed by atoms with Crippen LogP contribution in [0.1, 0.15) is 19.7 Å². The van der Waals surface area contributed by atoms with E-state index in [4.69, 9.17) is 12.2 Å². The van der Waals surface area contributed by atoms with E-state index in [1.807, 2.05) is 11.5 Å². The molecule has 2 rings (SSSR count). The highest BCUT2D eigenvalue weighted by Crippen LogP contribution is 2.18. The number of aryl methyl sites for hydroxylation is 1. The minimum Gasteiger partial charge on any atom is -0.372 e. The Labute approximate surface area is 112 Å². The topological polar surface area (TPSA) is 36.9 Å². The van der Waals surface area contributed by atoms with E-state index in [1.165, 1.54) is 5.69 Å². The number of aromatic amines is 1. The van der Waals surface area contributed by atoms with E-state index >= 15 is 0 Å². The number of anilines is 1. The molecule has 0 atom stereocenters. The fourth-order valence-corrected chi connectivity index (χ4v) is 2.36. The molecule has 1 N–H and O–H groups in total. The number of rotatable bonds is 4. The second-order valence-electron chi connectivity index (χ2n) is 4.10. The summed E-state index contributed by atoms with van der Waals surface area (Å²) in [6.45, 7) is 8.28. The molecule has 5 heteroatoms. The average Bonchev–Trinajstić information content (AvgIpc) is 2.72. The van der Waals surface area contributed by atoms with Crippen LogP contribution in [0.25, 0.3) is 5.69 Å². The minimum absolute atomic E-state index is 0.628.